The highest BCUT2D eigenvalue weighted by Crippen LogP contribution is 2.36. The second-order valence-electron chi connectivity index (χ2n) is 4.16. The largest absolute Gasteiger partial charge is 0.417 e. The molecule has 0 aliphatic rings. The van der Waals surface area contributed by atoms with Gasteiger partial charge in [-0.25, -0.2) is 0 Å². The predicted octanol–water partition coefficient (Wildman–Crippen LogP) is 3.49. The maximum absolute atomic E-state index is 12.9. The molecular formula is C14H13F3N2. The van der Waals surface area contributed by atoms with Crippen LogP contribution in [0.4, 0.5) is 13.2 Å². The Morgan fingerprint density at radius 2 is 1.89 bits per heavy atom. The molecule has 0 bridgehead atoms. The summed E-state index contributed by atoms with van der Waals surface area (Å²) in [6, 6.07) is 7.24. The lowest BCUT2D eigenvalue weighted by molar-refractivity contribution is -0.137. The number of hydrogen-bond acceptors (Lipinski definition) is 2. The van der Waals surface area contributed by atoms with E-state index in [4.69, 9.17) is 0 Å². The molecule has 5 heteroatoms. The van der Waals surface area contributed by atoms with E-state index >= 15 is 0 Å². The highest BCUT2D eigenvalue weighted by Gasteiger charge is 2.33. The van der Waals surface area contributed by atoms with E-state index in [1.54, 1.807) is 25.4 Å². The summed E-state index contributed by atoms with van der Waals surface area (Å²) in [5, 5.41) is 2.95. The lowest BCUT2D eigenvalue weighted by atomic mass is 10.00. The van der Waals surface area contributed by atoms with Crippen LogP contribution in [-0.4, -0.2) is 12.0 Å². The number of benzene rings is 1. The van der Waals surface area contributed by atoms with E-state index in [1.807, 2.05) is 0 Å². The summed E-state index contributed by atoms with van der Waals surface area (Å²) in [5.41, 5.74) is 0.830. The van der Waals surface area contributed by atoms with Gasteiger partial charge in [0, 0.05) is 24.5 Å². The molecule has 0 aliphatic heterocycles. The normalized spacial score (nSPS) is 11.6. The number of nitrogens with one attached hydrogen (secondary N) is 1. The summed E-state index contributed by atoms with van der Waals surface area (Å²) in [4.78, 5) is 4.00. The minimum Gasteiger partial charge on any atom is -0.316 e. The highest BCUT2D eigenvalue weighted by molar-refractivity contribution is 5.67. The van der Waals surface area contributed by atoms with Crippen LogP contribution in [-0.2, 0) is 12.7 Å². The molecule has 1 heterocycles. The third kappa shape index (κ3) is 3.12. The van der Waals surface area contributed by atoms with Crippen LogP contribution >= 0.6 is 0 Å². The van der Waals surface area contributed by atoms with Crippen LogP contribution in [0.2, 0.25) is 0 Å². The maximum atomic E-state index is 12.9. The Morgan fingerprint density at radius 1 is 1.16 bits per heavy atom. The van der Waals surface area contributed by atoms with Crippen LogP contribution in [0.5, 0.6) is 0 Å². The second-order valence-corrected chi connectivity index (χ2v) is 4.16. The van der Waals surface area contributed by atoms with Crippen LogP contribution in [0.15, 0.2) is 42.7 Å². The van der Waals surface area contributed by atoms with Crippen molar-refractivity contribution in [2.45, 2.75) is 12.7 Å². The lowest BCUT2D eigenvalue weighted by Gasteiger charge is -2.13. The van der Waals surface area contributed by atoms with Gasteiger partial charge in [-0.05, 0) is 30.3 Å². The fraction of sp³-hybridized carbons (Fsp3) is 0.214. The molecule has 2 nitrogen and oxygen atoms in total. The van der Waals surface area contributed by atoms with Gasteiger partial charge in [0.2, 0.25) is 0 Å². The number of hydrogen-bond donors (Lipinski definition) is 1. The van der Waals surface area contributed by atoms with Gasteiger partial charge in [0.25, 0.3) is 0 Å². The minimum absolute atomic E-state index is 0.153. The SMILES string of the molecule is CNCc1cncc(-c2ccccc2C(F)(F)F)c1. The van der Waals surface area contributed by atoms with E-state index < -0.39 is 11.7 Å². The van der Waals surface area contributed by atoms with Crippen molar-refractivity contribution in [2.24, 2.45) is 0 Å². The first-order valence-corrected chi connectivity index (χ1v) is 5.77. The summed E-state index contributed by atoms with van der Waals surface area (Å²) in [5.74, 6) is 0. The zero-order valence-electron chi connectivity index (χ0n) is 10.3. The monoisotopic (exact) mass is 266 g/mol. The Labute approximate surface area is 109 Å². The van der Waals surface area contributed by atoms with Crippen LogP contribution in [0, 0.1) is 0 Å². The lowest BCUT2D eigenvalue weighted by Crippen LogP contribution is -2.08. The Kier molecular flexibility index (Phi) is 3.85. The second kappa shape index (κ2) is 5.40. The molecule has 0 radical (unpaired) electrons. The van der Waals surface area contributed by atoms with Gasteiger partial charge in [0.1, 0.15) is 0 Å². The van der Waals surface area contributed by atoms with Gasteiger partial charge in [0.05, 0.1) is 5.56 Å². The minimum atomic E-state index is -4.37. The van der Waals surface area contributed by atoms with Gasteiger partial charge >= 0.3 is 6.18 Å². The van der Waals surface area contributed by atoms with Crippen LogP contribution in [0.3, 0.4) is 0 Å². The van der Waals surface area contributed by atoms with E-state index in [9.17, 15) is 13.2 Å². The molecule has 19 heavy (non-hydrogen) atoms. The smallest absolute Gasteiger partial charge is 0.316 e. The summed E-state index contributed by atoms with van der Waals surface area (Å²) < 4.78 is 38.8. The van der Waals surface area contributed by atoms with E-state index in [2.05, 4.69) is 10.3 Å². The number of alkyl halides is 3. The zero-order chi connectivity index (χ0) is 13.9. The van der Waals surface area contributed by atoms with E-state index in [0.29, 0.717) is 12.1 Å². The van der Waals surface area contributed by atoms with Gasteiger partial charge in [-0.15, -0.1) is 0 Å². The van der Waals surface area contributed by atoms with Crippen molar-refractivity contribution in [3.8, 4) is 11.1 Å². The number of pyridine rings is 1. The Bertz CT molecular complexity index is 565. The van der Waals surface area contributed by atoms with Gasteiger partial charge in [0.15, 0.2) is 0 Å². The summed E-state index contributed by atoms with van der Waals surface area (Å²) in [6.07, 6.45) is -1.28. The molecule has 2 rings (SSSR count). The van der Waals surface area contributed by atoms with Gasteiger partial charge in [-0.2, -0.15) is 13.2 Å². The van der Waals surface area contributed by atoms with Crippen molar-refractivity contribution in [1.82, 2.24) is 10.3 Å². The van der Waals surface area contributed by atoms with E-state index in [-0.39, 0.29) is 5.56 Å². The fourth-order valence-corrected chi connectivity index (χ4v) is 1.92. The molecule has 0 unspecified atom stereocenters. The van der Waals surface area contributed by atoms with Crippen molar-refractivity contribution >= 4 is 0 Å². The number of aromatic nitrogens is 1. The predicted molar refractivity (Wildman–Crippen MR) is 67.4 cm³/mol. The van der Waals surface area contributed by atoms with Crippen molar-refractivity contribution in [3.63, 3.8) is 0 Å². The maximum Gasteiger partial charge on any atom is 0.417 e. The first-order chi connectivity index (χ1) is 9.02. The van der Waals surface area contributed by atoms with Crippen molar-refractivity contribution in [1.29, 1.82) is 0 Å². The molecule has 1 aromatic carbocycles. The van der Waals surface area contributed by atoms with Gasteiger partial charge < -0.3 is 5.32 Å². The Balaban J connectivity index is 2.50. The number of rotatable bonds is 3. The molecule has 0 saturated carbocycles. The average molecular weight is 266 g/mol. The first kappa shape index (κ1) is 13.5. The number of nitrogens with zero attached hydrogens (tertiary/aromatic N) is 1. The third-order valence-corrected chi connectivity index (χ3v) is 2.72. The summed E-state index contributed by atoms with van der Waals surface area (Å²) in [7, 11) is 1.77. The van der Waals surface area contributed by atoms with Crippen molar-refractivity contribution in [2.75, 3.05) is 7.05 Å². The molecule has 2 aromatic rings. The van der Waals surface area contributed by atoms with Crippen LogP contribution in [0.25, 0.3) is 11.1 Å². The molecule has 0 spiro atoms. The average Bonchev–Trinajstić information content (AvgIpc) is 2.38. The molecule has 0 aliphatic carbocycles. The number of halogens is 3. The first-order valence-electron chi connectivity index (χ1n) is 5.77. The summed E-state index contributed by atoms with van der Waals surface area (Å²) in [6.45, 7) is 0.565. The Hall–Kier alpha value is -1.88. The molecule has 100 valence electrons. The quantitative estimate of drug-likeness (QED) is 0.919. The van der Waals surface area contributed by atoms with Gasteiger partial charge in [-0.1, -0.05) is 18.2 Å². The van der Waals surface area contributed by atoms with Crippen molar-refractivity contribution in [3.05, 3.63) is 53.9 Å². The van der Waals surface area contributed by atoms with Gasteiger partial charge in [-0.3, -0.25) is 4.98 Å². The van der Waals surface area contributed by atoms with Crippen LogP contribution < -0.4 is 5.32 Å². The highest BCUT2D eigenvalue weighted by atomic mass is 19.4. The third-order valence-electron chi connectivity index (χ3n) is 2.72. The zero-order valence-corrected chi connectivity index (χ0v) is 10.3. The van der Waals surface area contributed by atoms with E-state index in [0.717, 1.165) is 11.6 Å². The molecule has 0 saturated heterocycles. The Morgan fingerprint density at radius 3 is 2.58 bits per heavy atom. The van der Waals surface area contributed by atoms with Crippen molar-refractivity contribution < 1.29 is 13.2 Å². The molecular weight excluding hydrogens is 253 g/mol. The fourth-order valence-electron chi connectivity index (χ4n) is 1.92. The standard InChI is InChI=1S/C14H13F3N2/c1-18-7-10-6-11(9-19-8-10)12-4-2-3-5-13(12)14(15,16)17/h2-6,8-9,18H,7H2,1H3. The topological polar surface area (TPSA) is 24.9 Å². The molecule has 0 fully saturated rings. The van der Waals surface area contributed by atoms with Crippen LogP contribution in [0.1, 0.15) is 11.1 Å². The molecule has 0 atom stereocenters. The summed E-state index contributed by atoms with van der Waals surface area (Å²) >= 11 is 0. The van der Waals surface area contributed by atoms with E-state index in [1.165, 1.54) is 18.3 Å². The molecule has 0 amide bonds. The molecule has 1 N–H and O–H groups in total. The molecule has 1 aromatic heterocycles.